The summed E-state index contributed by atoms with van der Waals surface area (Å²) in [6.07, 6.45) is 1.77. The Hall–Kier alpha value is -3.67. The largest absolute Gasteiger partial charge is 0.361 e. The Morgan fingerprint density at radius 1 is 1.03 bits per heavy atom. The highest BCUT2D eigenvalue weighted by Gasteiger charge is 2.19. The minimum absolute atomic E-state index is 0.207. The van der Waals surface area contributed by atoms with Crippen LogP contribution in [0.1, 0.15) is 32.9 Å². The van der Waals surface area contributed by atoms with Crippen LogP contribution < -0.4 is 5.32 Å². The Kier molecular flexibility index (Phi) is 4.99. The molecule has 6 nitrogen and oxygen atoms in total. The van der Waals surface area contributed by atoms with Gasteiger partial charge >= 0.3 is 0 Å². The number of nitrogens with zero attached hydrogens (tertiary/aromatic N) is 3. The normalized spacial score (nSPS) is 10.9. The molecule has 146 valence electrons. The number of hydrogen-bond acceptors (Lipinski definition) is 4. The number of para-hydroxylation sites is 1. The van der Waals surface area contributed by atoms with Gasteiger partial charge in [0.1, 0.15) is 17.1 Å². The second-order valence-corrected chi connectivity index (χ2v) is 7.08. The van der Waals surface area contributed by atoms with Crippen molar-refractivity contribution < 1.29 is 9.32 Å². The lowest BCUT2D eigenvalue weighted by molar-refractivity contribution is 0.0950. The van der Waals surface area contributed by atoms with Crippen LogP contribution in [0.25, 0.3) is 16.9 Å². The number of nitrogens with one attached hydrogen (secondary N) is 1. The summed E-state index contributed by atoms with van der Waals surface area (Å²) in [6.45, 7) is 6.23. The minimum atomic E-state index is -0.207. The van der Waals surface area contributed by atoms with E-state index in [1.54, 1.807) is 16.9 Å². The lowest BCUT2D eigenvalue weighted by Crippen LogP contribution is -2.23. The second-order valence-electron chi connectivity index (χ2n) is 7.08. The molecule has 0 atom stereocenters. The Morgan fingerprint density at radius 2 is 1.83 bits per heavy atom. The monoisotopic (exact) mass is 386 g/mol. The zero-order valence-corrected chi connectivity index (χ0v) is 16.6. The second kappa shape index (κ2) is 7.75. The first-order valence-corrected chi connectivity index (χ1v) is 9.44. The first-order valence-electron chi connectivity index (χ1n) is 9.44. The van der Waals surface area contributed by atoms with E-state index in [0.29, 0.717) is 29.3 Å². The fourth-order valence-electron chi connectivity index (χ4n) is 3.12. The average Bonchev–Trinajstić information content (AvgIpc) is 3.35. The Balaban J connectivity index is 1.71. The molecular weight excluding hydrogens is 364 g/mol. The smallest absolute Gasteiger partial charge is 0.255 e. The predicted octanol–water partition coefficient (Wildman–Crippen LogP) is 4.38. The highest BCUT2D eigenvalue weighted by molar-refractivity contribution is 6.00. The number of amides is 1. The lowest BCUT2D eigenvalue weighted by Gasteiger charge is -2.06. The van der Waals surface area contributed by atoms with Gasteiger partial charge in [0.2, 0.25) is 0 Å². The molecule has 0 radical (unpaired) electrons. The van der Waals surface area contributed by atoms with Gasteiger partial charge in [-0.25, -0.2) is 4.68 Å². The van der Waals surface area contributed by atoms with Gasteiger partial charge in [-0.2, -0.15) is 5.10 Å². The van der Waals surface area contributed by atoms with E-state index in [1.807, 2.05) is 49.4 Å². The molecule has 0 unspecified atom stereocenters. The third kappa shape index (κ3) is 3.96. The fraction of sp³-hybridized carbons (Fsp3) is 0.174. The molecule has 2 aromatic carbocycles. The van der Waals surface area contributed by atoms with E-state index >= 15 is 0 Å². The van der Waals surface area contributed by atoms with Crippen LogP contribution in [0.3, 0.4) is 0 Å². The van der Waals surface area contributed by atoms with Crippen LogP contribution in [-0.4, -0.2) is 20.8 Å². The van der Waals surface area contributed by atoms with Crippen LogP contribution in [0, 0.1) is 20.8 Å². The van der Waals surface area contributed by atoms with Crippen LogP contribution in [0.2, 0.25) is 0 Å². The molecule has 0 aliphatic heterocycles. The summed E-state index contributed by atoms with van der Waals surface area (Å²) in [5.74, 6) is 0.503. The van der Waals surface area contributed by atoms with Gasteiger partial charge in [-0.3, -0.25) is 4.79 Å². The first kappa shape index (κ1) is 18.7. The topological polar surface area (TPSA) is 73.0 Å². The summed E-state index contributed by atoms with van der Waals surface area (Å²) in [6, 6.07) is 17.7. The van der Waals surface area contributed by atoms with Gasteiger partial charge in [-0.05, 0) is 50.1 Å². The number of carbonyl (C=O) groups is 1. The van der Waals surface area contributed by atoms with E-state index in [2.05, 4.69) is 30.4 Å². The molecule has 4 aromatic rings. The van der Waals surface area contributed by atoms with Crippen molar-refractivity contribution in [3.63, 3.8) is 0 Å². The van der Waals surface area contributed by atoms with Crippen molar-refractivity contribution in [3.05, 3.63) is 88.9 Å². The number of aromatic nitrogens is 3. The highest BCUT2D eigenvalue weighted by atomic mass is 16.5. The van der Waals surface area contributed by atoms with Crippen molar-refractivity contribution in [1.29, 1.82) is 0 Å². The van der Waals surface area contributed by atoms with Crippen LogP contribution in [0.5, 0.6) is 0 Å². The summed E-state index contributed by atoms with van der Waals surface area (Å²) in [7, 11) is 0. The van der Waals surface area contributed by atoms with E-state index < -0.39 is 0 Å². The fourth-order valence-corrected chi connectivity index (χ4v) is 3.12. The quantitative estimate of drug-likeness (QED) is 0.552. The molecule has 6 heteroatoms. The van der Waals surface area contributed by atoms with Crippen LogP contribution >= 0.6 is 0 Å². The molecule has 2 aromatic heterocycles. The Labute approximate surface area is 169 Å². The zero-order valence-electron chi connectivity index (χ0n) is 16.6. The van der Waals surface area contributed by atoms with Gasteiger partial charge in [-0.1, -0.05) is 35.5 Å². The number of carbonyl (C=O) groups excluding carboxylic acids is 1. The van der Waals surface area contributed by atoms with Crippen LogP contribution in [0.4, 0.5) is 0 Å². The molecule has 29 heavy (non-hydrogen) atoms. The van der Waals surface area contributed by atoms with Gasteiger partial charge < -0.3 is 9.84 Å². The van der Waals surface area contributed by atoms with Crippen molar-refractivity contribution in [1.82, 2.24) is 20.3 Å². The van der Waals surface area contributed by atoms with Crippen molar-refractivity contribution >= 4 is 5.91 Å². The molecule has 0 aliphatic rings. The van der Waals surface area contributed by atoms with E-state index in [-0.39, 0.29) is 5.91 Å². The predicted molar refractivity (Wildman–Crippen MR) is 111 cm³/mol. The molecule has 0 saturated carbocycles. The summed E-state index contributed by atoms with van der Waals surface area (Å²) in [4.78, 5) is 13.0. The van der Waals surface area contributed by atoms with Gasteiger partial charge in [0.15, 0.2) is 0 Å². The molecule has 4 rings (SSSR count). The average molecular weight is 386 g/mol. The highest BCUT2D eigenvalue weighted by Crippen LogP contribution is 2.26. The number of benzene rings is 2. The van der Waals surface area contributed by atoms with Crippen molar-refractivity contribution in [2.75, 3.05) is 0 Å². The van der Waals surface area contributed by atoms with Gasteiger partial charge in [0, 0.05) is 17.8 Å². The molecule has 0 spiro atoms. The molecule has 0 bridgehead atoms. The maximum absolute atomic E-state index is 13.0. The van der Waals surface area contributed by atoms with E-state index in [1.165, 1.54) is 5.56 Å². The maximum Gasteiger partial charge on any atom is 0.255 e. The molecule has 0 aliphatic carbocycles. The van der Waals surface area contributed by atoms with Gasteiger partial charge in [0.05, 0.1) is 17.8 Å². The van der Waals surface area contributed by atoms with Crippen molar-refractivity contribution in [2.45, 2.75) is 27.3 Å². The summed E-state index contributed by atoms with van der Waals surface area (Å²) in [5.41, 5.74) is 5.99. The van der Waals surface area contributed by atoms with Crippen LogP contribution in [0.15, 0.2) is 65.3 Å². The molecule has 1 N–H and O–H groups in total. The van der Waals surface area contributed by atoms with Crippen molar-refractivity contribution in [2.24, 2.45) is 0 Å². The minimum Gasteiger partial charge on any atom is -0.361 e. The Morgan fingerprint density at radius 3 is 2.52 bits per heavy atom. The molecule has 0 saturated heterocycles. The number of aryl methyl sites for hydroxylation is 3. The zero-order chi connectivity index (χ0) is 20.4. The SMILES string of the molecule is Cc1cc(CNC(=O)c2cn(-c3ccccc3)nc2-c2ccc(C)c(C)c2)no1. The first-order chi connectivity index (χ1) is 14.0. The van der Waals surface area contributed by atoms with E-state index in [4.69, 9.17) is 9.62 Å². The lowest BCUT2D eigenvalue weighted by atomic mass is 10.0. The van der Waals surface area contributed by atoms with E-state index in [0.717, 1.165) is 16.8 Å². The molecule has 0 fully saturated rings. The number of hydrogen-bond donors (Lipinski definition) is 1. The third-order valence-corrected chi connectivity index (χ3v) is 4.87. The maximum atomic E-state index is 13.0. The van der Waals surface area contributed by atoms with Crippen molar-refractivity contribution in [3.8, 4) is 16.9 Å². The van der Waals surface area contributed by atoms with Crippen LogP contribution in [-0.2, 0) is 6.54 Å². The molecule has 1 amide bonds. The van der Waals surface area contributed by atoms with Gasteiger partial charge in [-0.15, -0.1) is 0 Å². The Bertz CT molecular complexity index is 1160. The van der Waals surface area contributed by atoms with Gasteiger partial charge in [0.25, 0.3) is 5.91 Å². The standard InChI is InChI=1S/C23H22N4O2/c1-15-9-10-18(11-16(15)2)22-21(14-27(25-22)20-7-5-4-6-8-20)23(28)24-13-19-12-17(3)29-26-19/h4-12,14H,13H2,1-3H3,(H,24,28). The van der Waals surface area contributed by atoms with E-state index in [9.17, 15) is 4.79 Å². The summed E-state index contributed by atoms with van der Waals surface area (Å²) < 4.78 is 6.80. The number of rotatable bonds is 5. The third-order valence-electron chi connectivity index (χ3n) is 4.87. The summed E-state index contributed by atoms with van der Waals surface area (Å²) in [5, 5.41) is 11.6. The molecular formula is C23H22N4O2. The summed E-state index contributed by atoms with van der Waals surface area (Å²) >= 11 is 0. The molecule has 2 heterocycles.